The fourth-order valence-electron chi connectivity index (χ4n) is 10.2. The Morgan fingerprint density at radius 1 is 0.262 bits per heavy atom. The number of esters is 3. The lowest BCUT2D eigenvalue weighted by Crippen LogP contribution is -2.30. The predicted molar refractivity (Wildman–Crippen MR) is 444 cm³/mol. The van der Waals surface area contributed by atoms with Crippen LogP contribution in [0.15, 0.2) is 194 Å². The Bertz CT molecular complexity index is 2720. The molecule has 107 heavy (non-hydrogen) atoms. The van der Waals surface area contributed by atoms with E-state index < -0.39 is 91.5 Å². The molecule has 0 spiro atoms. The summed E-state index contributed by atoms with van der Waals surface area (Å²) in [6.45, 7) is 2.24. The molecule has 0 aliphatic carbocycles. The van der Waals surface area contributed by atoms with Gasteiger partial charge in [0.25, 0.3) is 0 Å². The van der Waals surface area contributed by atoms with Gasteiger partial charge in [0.2, 0.25) is 0 Å². The van der Waals surface area contributed by atoms with Gasteiger partial charge in [0.1, 0.15) is 25.4 Å². The van der Waals surface area contributed by atoms with Crippen molar-refractivity contribution in [2.75, 3.05) is 39.6 Å². The van der Waals surface area contributed by atoms with Crippen LogP contribution in [-0.2, 0) is 55.8 Å². The highest BCUT2D eigenvalue weighted by Gasteiger charge is 2.29. The maximum absolute atomic E-state index is 13.0. The van der Waals surface area contributed by atoms with Crippen LogP contribution in [0.1, 0.15) is 290 Å². The Labute approximate surface area is 648 Å². The molecule has 0 aliphatic heterocycles. The molecule has 4 N–H and O–H groups in total. The summed E-state index contributed by atoms with van der Waals surface area (Å²) in [7, 11) is -9.83. The van der Waals surface area contributed by atoms with Crippen molar-refractivity contribution in [2.24, 2.45) is 0 Å². The molecule has 0 aromatic heterocycles. The van der Waals surface area contributed by atoms with E-state index >= 15 is 0 Å². The first kappa shape index (κ1) is 101. The lowest BCUT2D eigenvalue weighted by Gasteiger charge is -2.21. The van der Waals surface area contributed by atoms with Gasteiger partial charge in [-0.3, -0.25) is 32.5 Å². The van der Waals surface area contributed by atoms with Gasteiger partial charge in [-0.15, -0.1) is 0 Å². The molecule has 0 saturated carbocycles. The van der Waals surface area contributed by atoms with E-state index in [2.05, 4.69) is 203 Å². The Morgan fingerprint density at radius 3 is 0.766 bits per heavy atom. The smallest absolute Gasteiger partial charge is 0.463 e. The van der Waals surface area contributed by atoms with Gasteiger partial charge in [0.05, 0.1) is 26.4 Å². The van der Waals surface area contributed by atoms with Crippen molar-refractivity contribution >= 4 is 33.6 Å². The molecule has 0 fully saturated rings. The van der Waals surface area contributed by atoms with E-state index in [9.17, 15) is 43.5 Å². The number of phosphoric acid groups is 2. The summed E-state index contributed by atoms with van der Waals surface area (Å²) in [5.41, 5.74) is 0. The van der Waals surface area contributed by atoms with Gasteiger partial charge < -0.3 is 34.2 Å². The second-order valence-electron chi connectivity index (χ2n) is 26.4. The minimum atomic E-state index is -4.96. The van der Waals surface area contributed by atoms with E-state index in [-0.39, 0.29) is 19.3 Å². The lowest BCUT2D eigenvalue weighted by atomic mass is 10.0. The lowest BCUT2D eigenvalue weighted by molar-refractivity contribution is -0.161. The largest absolute Gasteiger partial charge is 0.472 e. The number of unbranched alkanes of at least 4 members (excludes halogenated alkanes) is 20. The van der Waals surface area contributed by atoms with Crippen molar-refractivity contribution in [1.82, 2.24) is 0 Å². The van der Waals surface area contributed by atoms with Gasteiger partial charge in [-0.2, -0.15) is 0 Å². The highest BCUT2D eigenvalue weighted by molar-refractivity contribution is 7.47. The SMILES string of the molecule is CC/C=C\C/C=C\C/C=C\C/C=C\C/C=C\C/C=C\CCCCCCCCC(=O)OCC(COP(=O)(O)OCC(O)COP(=O)(O)OCC(O)COC(=O)CCCCCCCCCCCCCCC/C=C\C/C=C\C/C=C\C/C=C\C/C=C\CC)OC(=O)CCC/C=C\C/C=C\C/C=C\C/C=C\C/C=C\CC. The van der Waals surface area contributed by atoms with Crippen molar-refractivity contribution in [3.8, 4) is 0 Å². The maximum Gasteiger partial charge on any atom is 0.472 e. The summed E-state index contributed by atoms with van der Waals surface area (Å²) in [6, 6.07) is 0. The van der Waals surface area contributed by atoms with Crippen LogP contribution in [0, 0.1) is 0 Å². The van der Waals surface area contributed by atoms with Crippen molar-refractivity contribution in [3.05, 3.63) is 194 Å². The fraction of sp³-hybridized carbons (Fsp3) is 0.607. The molecule has 0 aromatic carbocycles. The molecule has 0 aromatic rings. The molecule has 0 amide bonds. The van der Waals surface area contributed by atoms with Crippen molar-refractivity contribution in [1.29, 1.82) is 0 Å². The van der Waals surface area contributed by atoms with E-state index in [1.807, 2.05) is 12.2 Å². The zero-order chi connectivity index (χ0) is 78.0. The molecule has 5 atom stereocenters. The minimum Gasteiger partial charge on any atom is -0.463 e. The van der Waals surface area contributed by atoms with Gasteiger partial charge >= 0.3 is 33.6 Å². The molecule has 606 valence electrons. The normalized spacial score (nSPS) is 14.9. The van der Waals surface area contributed by atoms with Crippen molar-refractivity contribution in [2.45, 2.75) is 309 Å². The molecule has 0 radical (unpaired) electrons. The molecule has 0 rings (SSSR count). The van der Waals surface area contributed by atoms with Gasteiger partial charge in [0, 0.05) is 19.3 Å². The molecule has 5 unspecified atom stereocenters. The zero-order valence-corrected chi connectivity index (χ0v) is 68.0. The fourth-order valence-corrected chi connectivity index (χ4v) is 11.8. The van der Waals surface area contributed by atoms with Crippen molar-refractivity contribution in [3.63, 3.8) is 0 Å². The van der Waals surface area contributed by atoms with Crippen LogP contribution in [0.5, 0.6) is 0 Å². The number of carbonyl (C=O) groups is 3. The number of aliphatic hydroxyl groups is 2. The summed E-state index contributed by atoms with van der Waals surface area (Å²) in [5, 5.41) is 20.7. The van der Waals surface area contributed by atoms with E-state index in [0.29, 0.717) is 25.7 Å². The third-order valence-electron chi connectivity index (χ3n) is 16.3. The second-order valence-corrected chi connectivity index (χ2v) is 29.3. The number of hydrogen-bond donors (Lipinski definition) is 4. The summed E-state index contributed by atoms with van der Waals surface area (Å²) in [5.74, 6) is -1.67. The number of phosphoric ester groups is 2. The quantitative estimate of drug-likeness (QED) is 0.0146. The van der Waals surface area contributed by atoms with Gasteiger partial charge in [-0.25, -0.2) is 9.13 Å². The van der Waals surface area contributed by atoms with Crippen LogP contribution in [0.3, 0.4) is 0 Å². The molecule has 18 heteroatoms. The zero-order valence-electron chi connectivity index (χ0n) is 66.2. The van der Waals surface area contributed by atoms with Gasteiger partial charge in [-0.1, -0.05) is 312 Å². The van der Waals surface area contributed by atoms with Crippen LogP contribution < -0.4 is 0 Å². The van der Waals surface area contributed by atoms with E-state index in [4.69, 9.17) is 32.3 Å². The summed E-state index contributed by atoms with van der Waals surface area (Å²) in [6.07, 6.45) is 105. The Morgan fingerprint density at radius 2 is 0.477 bits per heavy atom. The van der Waals surface area contributed by atoms with E-state index in [1.54, 1.807) is 0 Å². The minimum absolute atomic E-state index is 0.0151. The maximum atomic E-state index is 13.0. The molecular weight excluding hydrogens is 1390 g/mol. The standard InChI is InChI=1S/C89H144O16P2/c1-4-7-10-13-16-19-22-25-28-31-33-35-37-39-40-41-42-44-46-47-49-52-54-57-60-63-66-69-72-75-87(92)99-78-84(90)79-101-106(95,96)102-80-85(91)81-103-107(97,98)104-83-86(105-89(94)77-74-71-68-65-62-59-56-51-30-27-24-21-18-15-12-9-6-3)82-100-88(93)76-73-70-67-64-61-58-55-53-50-48-45-43-38-36-34-32-29-26-23-20-17-14-11-8-5-2/h7-12,16-21,25-30,33-36,39-40,43,45,50,53,56,59,65,68,84-86,90-91H,4-6,13-15,22-24,31-32,37-38,41-42,44,46-49,51-52,54-55,57-58,60-64,66-67,69-83H2,1-3H3,(H,95,96)(H,97,98)/b10-7-,11-8-,12-9-,19-16-,20-17-,21-18-,28-25-,29-26-,30-27-,35-33-,36-34-,40-39-,45-43-,53-50-,59-56-,68-65-. The molecule has 0 saturated heterocycles. The van der Waals surface area contributed by atoms with Crippen LogP contribution in [0.2, 0.25) is 0 Å². The van der Waals surface area contributed by atoms with Crippen LogP contribution >= 0.6 is 15.6 Å². The van der Waals surface area contributed by atoms with Crippen LogP contribution in [-0.4, -0.2) is 95.9 Å². The van der Waals surface area contributed by atoms with Crippen molar-refractivity contribution < 1.29 is 75.8 Å². The molecule has 0 bridgehead atoms. The van der Waals surface area contributed by atoms with E-state index in [1.165, 1.54) is 57.8 Å². The number of allylic oxidation sites excluding steroid dienone is 32. The monoisotopic (exact) mass is 1530 g/mol. The van der Waals surface area contributed by atoms with Crippen LogP contribution in [0.25, 0.3) is 0 Å². The van der Waals surface area contributed by atoms with E-state index in [0.717, 1.165) is 167 Å². The highest BCUT2D eigenvalue weighted by atomic mass is 31.2. The number of aliphatic hydroxyl groups excluding tert-OH is 2. The first-order valence-corrected chi connectivity index (χ1v) is 43.7. The first-order chi connectivity index (χ1) is 52.2. The number of hydrogen-bond acceptors (Lipinski definition) is 14. The molecule has 0 aliphatic rings. The Kier molecular flexibility index (Phi) is 75.7. The third-order valence-corrected chi connectivity index (χ3v) is 18.2. The topological polar surface area (TPSA) is 231 Å². The average molecular weight is 1530 g/mol. The summed E-state index contributed by atoms with van der Waals surface area (Å²) < 4.78 is 61.1. The third kappa shape index (κ3) is 81.2. The summed E-state index contributed by atoms with van der Waals surface area (Å²) in [4.78, 5) is 58.7. The number of ether oxygens (including phenoxy) is 3. The van der Waals surface area contributed by atoms with Crippen LogP contribution in [0.4, 0.5) is 0 Å². The Balaban J connectivity index is 4.64. The highest BCUT2D eigenvalue weighted by Crippen LogP contribution is 2.45. The molecule has 0 heterocycles. The number of rotatable bonds is 75. The average Bonchev–Trinajstić information content (AvgIpc) is 0.927. The van der Waals surface area contributed by atoms with Gasteiger partial charge in [-0.05, 0) is 154 Å². The predicted octanol–water partition coefficient (Wildman–Crippen LogP) is 24.3. The Hall–Kier alpha value is -5.61. The first-order valence-electron chi connectivity index (χ1n) is 40.7. The summed E-state index contributed by atoms with van der Waals surface area (Å²) >= 11 is 0. The second kappa shape index (κ2) is 79.9. The number of carbonyl (C=O) groups excluding carboxylic acids is 3. The van der Waals surface area contributed by atoms with Gasteiger partial charge in [0.15, 0.2) is 6.10 Å². The molecular formula is C89H144O16P2. The molecule has 16 nitrogen and oxygen atoms in total.